The topological polar surface area (TPSA) is 95.9 Å². The summed E-state index contributed by atoms with van der Waals surface area (Å²) >= 11 is 0. The van der Waals surface area contributed by atoms with E-state index in [1.165, 1.54) is 89.9 Å². The van der Waals surface area contributed by atoms with Crippen molar-refractivity contribution in [2.24, 2.45) is 0 Å². The smallest absolute Gasteiger partial charge is 0.306 e. The summed E-state index contributed by atoms with van der Waals surface area (Å²) < 4.78 is 5.86. The predicted molar refractivity (Wildman–Crippen MR) is 241 cm³/mol. The van der Waals surface area contributed by atoms with Crippen molar-refractivity contribution in [3.63, 3.8) is 0 Å². The second-order valence-corrected chi connectivity index (χ2v) is 15.8. The fraction of sp³-hybridized carbons (Fsp3) is 0.760. The summed E-state index contributed by atoms with van der Waals surface area (Å²) in [6, 6.07) is -0.710. The van der Waals surface area contributed by atoms with E-state index in [2.05, 4.69) is 86.8 Å². The van der Waals surface area contributed by atoms with Crippen molar-refractivity contribution in [2.45, 2.75) is 238 Å². The van der Waals surface area contributed by atoms with Gasteiger partial charge in [-0.05, 0) is 64.2 Å². The van der Waals surface area contributed by atoms with E-state index >= 15 is 0 Å². The summed E-state index contributed by atoms with van der Waals surface area (Å²) in [6.07, 6.45) is 52.9. The van der Waals surface area contributed by atoms with Gasteiger partial charge in [0, 0.05) is 6.42 Å². The van der Waals surface area contributed by atoms with E-state index in [4.69, 9.17) is 4.74 Å². The molecule has 0 aromatic carbocycles. The standard InChI is InChI=1S/C50H89NO5/c1-4-7-10-13-16-19-21-23-24-25-26-27-29-31-34-37-40-43-50(55)56-46(41-38-35-32-18-15-12-9-6-3)44-49(54)51-47(45-52)48(53)42-39-36-33-30-28-22-20-17-14-11-8-5-2/h7,10,16,19,23-24,26-27,31,34,46-48,52-53H,4-6,8-9,11-15,17-18,20-22,25,28-30,32-33,35-45H2,1-3H3,(H,51,54)/b10-7-,19-16-,24-23-,27-26-,34-31-. The molecular weight excluding hydrogens is 695 g/mol. The van der Waals surface area contributed by atoms with E-state index in [-0.39, 0.29) is 24.9 Å². The lowest BCUT2D eigenvalue weighted by Crippen LogP contribution is -2.46. The molecule has 0 radical (unpaired) electrons. The lowest BCUT2D eigenvalue weighted by atomic mass is 10.0. The fourth-order valence-electron chi connectivity index (χ4n) is 6.82. The molecule has 0 saturated carbocycles. The molecule has 6 nitrogen and oxygen atoms in total. The molecule has 0 fully saturated rings. The molecule has 0 aromatic rings. The zero-order chi connectivity index (χ0) is 41.0. The van der Waals surface area contributed by atoms with Crippen LogP contribution in [0, 0.1) is 0 Å². The average Bonchev–Trinajstić information content (AvgIpc) is 3.19. The largest absolute Gasteiger partial charge is 0.462 e. The minimum Gasteiger partial charge on any atom is -0.462 e. The third-order valence-corrected chi connectivity index (χ3v) is 10.4. The number of hydrogen-bond acceptors (Lipinski definition) is 5. The third kappa shape index (κ3) is 38.4. The SMILES string of the molecule is CC/C=C\C/C=C\C/C=C\C/C=C\C/C=C\CCCC(=O)OC(CCCCCCCCCC)CC(=O)NC(CO)C(O)CCCCCCCCCCCCCC. The molecule has 6 heteroatoms. The predicted octanol–water partition coefficient (Wildman–Crippen LogP) is 13.7. The molecule has 0 rings (SSSR count). The molecule has 56 heavy (non-hydrogen) atoms. The van der Waals surface area contributed by atoms with E-state index in [9.17, 15) is 19.8 Å². The van der Waals surface area contributed by atoms with Gasteiger partial charge in [-0.3, -0.25) is 9.59 Å². The number of hydrogen-bond donors (Lipinski definition) is 3. The van der Waals surface area contributed by atoms with E-state index < -0.39 is 18.2 Å². The van der Waals surface area contributed by atoms with Gasteiger partial charge in [-0.15, -0.1) is 0 Å². The Morgan fingerprint density at radius 3 is 1.39 bits per heavy atom. The van der Waals surface area contributed by atoms with Crippen LogP contribution in [0.3, 0.4) is 0 Å². The Kier molecular flexibility index (Phi) is 41.8. The highest BCUT2D eigenvalue weighted by Gasteiger charge is 2.24. The second-order valence-electron chi connectivity index (χ2n) is 15.8. The lowest BCUT2D eigenvalue weighted by molar-refractivity contribution is -0.151. The normalized spacial score (nSPS) is 13.9. The van der Waals surface area contributed by atoms with Gasteiger partial charge in [0.1, 0.15) is 6.10 Å². The zero-order valence-electron chi connectivity index (χ0n) is 36.8. The Hall–Kier alpha value is -2.44. The first-order chi connectivity index (χ1) is 27.5. The number of amides is 1. The highest BCUT2D eigenvalue weighted by molar-refractivity contribution is 5.77. The third-order valence-electron chi connectivity index (χ3n) is 10.4. The zero-order valence-corrected chi connectivity index (χ0v) is 36.8. The quantitative estimate of drug-likeness (QED) is 0.0326. The van der Waals surface area contributed by atoms with E-state index in [0.29, 0.717) is 25.7 Å². The molecule has 0 bridgehead atoms. The van der Waals surface area contributed by atoms with Gasteiger partial charge >= 0.3 is 5.97 Å². The number of allylic oxidation sites excluding steroid dienone is 10. The van der Waals surface area contributed by atoms with Gasteiger partial charge in [-0.2, -0.15) is 0 Å². The van der Waals surface area contributed by atoms with Crippen LogP contribution in [0.5, 0.6) is 0 Å². The van der Waals surface area contributed by atoms with Crippen molar-refractivity contribution in [3.05, 3.63) is 60.8 Å². The molecule has 324 valence electrons. The number of ether oxygens (including phenoxy) is 1. The Morgan fingerprint density at radius 1 is 0.536 bits per heavy atom. The van der Waals surface area contributed by atoms with Gasteiger partial charge in [0.25, 0.3) is 0 Å². The Labute approximate surface area is 346 Å². The highest BCUT2D eigenvalue weighted by atomic mass is 16.5. The number of unbranched alkanes of at least 4 members (excludes halogenated alkanes) is 19. The molecule has 0 aliphatic carbocycles. The van der Waals surface area contributed by atoms with Gasteiger partial charge < -0.3 is 20.3 Å². The number of aliphatic hydroxyl groups is 2. The summed E-state index contributed by atoms with van der Waals surface area (Å²) in [7, 11) is 0. The maximum atomic E-state index is 13.1. The first-order valence-electron chi connectivity index (χ1n) is 23.5. The number of aliphatic hydroxyl groups excluding tert-OH is 2. The first kappa shape index (κ1) is 53.6. The molecular formula is C50H89NO5. The van der Waals surface area contributed by atoms with E-state index in [1.807, 2.05) is 0 Å². The van der Waals surface area contributed by atoms with Gasteiger partial charge in [0.15, 0.2) is 0 Å². The van der Waals surface area contributed by atoms with Crippen molar-refractivity contribution in [1.82, 2.24) is 5.32 Å². The van der Waals surface area contributed by atoms with Crippen LogP contribution in [-0.4, -0.2) is 46.9 Å². The summed E-state index contributed by atoms with van der Waals surface area (Å²) in [5.74, 6) is -0.547. The molecule has 0 heterocycles. The maximum Gasteiger partial charge on any atom is 0.306 e. The highest BCUT2D eigenvalue weighted by Crippen LogP contribution is 2.17. The van der Waals surface area contributed by atoms with Crippen molar-refractivity contribution >= 4 is 11.9 Å². The van der Waals surface area contributed by atoms with Gasteiger partial charge in [-0.1, -0.05) is 204 Å². The van der Waals surface area contributed by atoms with Crippen LogP contribution in [0.25, 0.3) is 0 Å². The van der Waals surface area contributed by atoms with Crippen LogP contribution >= 0.6 is 0 Å². The fourth-order valence-corrected chi connectivity index (χ4v) is 6.82. The van der Waals surface area contributed by atoms with E-state index in [1.54, 1.807) is 0 Å². The molecule has 1 amide bonds. The molecule has 0 saturated heterocycles. The minimum atomic E-state index is -0.795. The number of rotatable bonds is 41. The van der Waals surface area contributed by atoms with Crippen molar-refractivity contribution in [1.29, 1.82) is 0 Å². The lowest BCUT2D eigenvalue weighted by Gasteiger charge is -2.24. The molecule has 3 N–H and O–H groups in total. The van der Waals surface area contributed by atoms with Crippen LogP contribution in [0.1, 0.15) is 220 Å². The monoisotopic (exact) mass is 784 g/mol. The number of carbonyl (C=O) groups excluding carboxylic acids is 2. The first-order valence-corrected chi connectivity index (χ1v) is 23.5. The number of carbonyl (C=O) groups is 2. The van der Waals surface area contributed by atoms with Crippen LogP contribution < -0.4 is 5.32 Å². The molecule has 0 aromatic heterocycles. The molecule has 3 atom stereocenters. The van der Waals surface area contributed by atoms with Crippen LogP contribution in [0.15, 0.2) is 60.8 Å². The number of nitrogens with one attached hydrogen (secondary N) is 1. The van der Waals surface area contributed by atoms with Crippen LogP contribution in [-0.2, 0) is 14.3 Å². The maximum absolute atomic E-state index is 13.1. The minimum absolute atomic E-state index is 0.0544. The van der Waals surface area contributed by atoms with Crippen LogP contribution in [0.4, 0.5) is 0 Å². The summed E-state index contributed by atoms with van der Waals surface area (Å²) in [5, 5.41) is 23.6. The second kappa shape index (κ2) is 43.7. The Bertz CT molecular complexity index is 1010. The van der Waals surface area contributed by atoms with Crippen molar-refractivity contribution in [2.75, 3.05) is 6.61 Å². The Morgan fingerprint density at radius 2 is 0.946 bits per heavy atom. The molecule has 3 unspecified atom stereocenters. The average molecular weight is 784 g/mol. The summed E-state index contributed by atoms with van der Waals surface area (Å²) in [4.78, 5) is 25.9. The van der Waals surface area contributed by atoms with Gasteiger partial charge in [0.05, 0.1) is 25.2 Å². The van der Waals surface area contributed by atoms with Crippen molar-refractivity contribution in [3.8, 4) is 0 Å². The van der Waals surface area contributed by atoms with Crippen molar-refractivity contribution < 1.29 is 24.5 Å². The molecule has 0 spiro atoms. The van der Waals surface area contributed by atoms with Gasteiger partial charge in [-0.25, -0.2) is 0 Å². The Balaban J connectivity index is 4.56. The van der Waals surface area contributed by atoms with Crippen LogP contribution in [0.2, 0.25) is 0 Å². The molecule has 0 aliphatic rings. The van der Waals surface area contributed by atoms with Gasteiger partial charge in [0.2, 0.25) is 5.91 Å². The summed E-state index contributed by atoms with van der Waals surface area (Å²) in [6.45, 7) is 6.32. The molecule has 0 aliphatic heterocycles. The van der Waals surface area contributed by atoms with E-state index in [0.717, 1.165) is 77.0 Å². The number of esters is 1. The summed E-state index contributed by atoms with van der Waals surface area (Å²) in [5.41, 5.74) is 0.